The third kappa shape index (κ3) is 10.6. The summed E-state index contributed by atoms with van der Waals surface area (Å²) in [5, 5.41) is 14.5. The Kier molecular flexibility index (Phi) is 9.86. The molecular formula is C15H30N2O3. The largest absolute Gasteiger partial charge is 0.481 e. The molecule has 118 valence electrons. The molecule has 0 aliphatic carbocycles. The summed E-state index contributed by atoms with van der Waals surface area (Å²) in [5.41, 5.74) is 0. The van der Waals surface area contributed by atoms with E-state index in [1.807, 2.05) is 6.92 Å². The van der Waals surface area contributed by atoms with E-state index in [2.05, 4.69) is 24.5 Å². The van der Waals surface area contributed by atoms with Gasteiger partial charge in [0, 0.05) is 12.6 Å². The van der Waals surface area contributed by atoms with Crippen LogP contribution < -0.4 is 10.6 Å². The van der Waals surface area contributed by atoms with E-state index in [0.717, 1.165) is 25.7 Å². The van der Waals surface area contributed by atoms with Gasteiger partial charge in [-0.25, -0.2) is 4.79 Å². The Balaban J connectivity index is 3.62. The number of hydrogen-bond donors (Lipinski definition) is 3. The zero-order valence-corrected chi connectivity index (χ0v) is 13.2. The van der Waals surface area contributed by atoms with Crippen molar-refractivity contribution in [3.63, 3.8) is 0 Å². The predicted octanol–water partition coefficient (Wildman–Crippen LogP) is 3.00. The van der Waals surface area contributed by atoms with Gasteiger partial charge in [0.1, 0.15) is 0 Å². The summed E-state index contributed by atoms with van der Waals surface area (Å²) in [7, 11) is 0. The topological polar surface area (TPSA) is 78.4 Å². The molecule has 5 heteroatoms. The van der Waals surface area contributed by atoms with E-state index in [1.165, 1.54) is 0 Å². The highest BCUT2D eigenvalue weighted by Crippen LogP contribution is 2.09. The van der Waals surface area contributed by atoms with Gasteiger partial charge in [0.25, 0.3) is 0 Å². The molecule has 0 spiro atoms. The Hall–Kier alpha value is -1.26. The summed E-state index contributed by atoms with van der Waals surface area (Å²) in [4.78, 5) is 22.3. The smallest absolute Gasteiger partial charge is 0.314 e. The van der Waals surface area contributed by atoms with Crippen LogP contribution in [0, 0.1) is 11.8 Å². The van der Waals surface area contributed by atoms with Gasteiger partial charge < -0.3 is 15.7 Å². The minimum Gasteiger partial charge on any atom is -0.481 e. The van der Waals surface area contributed by atoms with E-state index in [9.17, 15) is 9.59 Å². The number of nitrogens with one attached hydrogen (secondary N) is 2. The Morgan fingerprint density at radius 2 is 1.65 bits per heavy atom. The molecule has 0 bridgehead atoms. The lowest BCUT2D eigenvalue weighted by Gasteiger charge is -2.15. The van der Waals surface area contributed by atoms with Gasteiger partial charge in [-0.05, 0) is 38.5 Å². The van der Waals surface area contributed by atoms with E-state index in [-0.39, 0.29) is 18.0 Å². The predicted molar refractivity (Wildman–Crippen MR) is 80.7 cm³/mol. The number of aliphatic carboxylic acids is 1. The molecule has 0 heterocycles. The molecule has 0 aliphatic rings. The third-order valence-electron chi connectivity index (χ3n) is 3.32. The van der Waals surface area contributed by atoms with Crippen molar-refractivity contribution in [2.75, 3.05) is 6.54 Å². The van der Waals surface area contributed by atoms with E-state index >= 15 is 0 Å². The van der Waals surface area contributed by atoms with Crippen molar-refractivity contribution in [1.82, 2.24) is 10.6 Å². The highest BCUT2D eigenvalue weighted by Gasteiger charge is 2.12. The van der Waals surface area contributed by atoms with Crippen molar-refractivity contribution in [2.24, 2.45) is 11.8 Å². The number of carboxylic acid groups (broad SMARTS) is 1. The first-order valence-electron chi connectivity index (χ1n) is 7.60. The summed E-state index contributed by atoms with van der Waals surface area (Å²) in [6.45, 7) is 8.69. The first-order chi connectivity index (χ1) is 9.32. The molecule has 20 heavy (non-hydrogen) atoms. The molecule has 0 aromatic rings. The van der Waals surface area contributed by atoms with Crippen LogP contribution in [0.25, 0.3) is 0 Å². The van der Waals surface area contributed by atoms with Crippen molar-refractivity contribution < 1.29 is 14.7 Å². The molecular weight excluding hydrogens is 256 g/mol. The summed E-state index contributed by atoms with van der Waals surface area (Å²) in [5.74, 6) is -0.407. The summed E-state index contributed by atoms with van der Waals surface area (Å²) in [6, 6.07) is -0.0615. The zero-order valence-electron chi connectivity index (χ0n) is 13.2. The molecule has 5 nitrogen and oxygen atoms in total. The first kappa shape index (κ1) is 18.7. The van der Waals surface area contributed by atoms with Crippen molar-refractivity contribution in [3.8, 4) is 0 Å². The molecule has 0 fully saturated rings. The number of amides is 2. The van der Waals surface area contributed by atoms with Crippen molar-refractivity contribution in [1.29, 1.82) is 0 Å². The fraction of sp³-hybridized carbons (Fsp3) is 0.867. The lowest BCUT2D eigenvalue weighted by atomic mass is 10.0. The number of carbonyl (C=O) groups is 2. The summed E-state index contributed by atoms with van der Waals surface area (Å²) >= 11 is 0. The van der Waals surface area contributed by atoms with Crippen LogP contribution in [-0.4, -0.2) is 29.7 Å². The van der Waals surface area contributed by atoms with Gasteiger partial charge in [0.15, 0.2) is 0 Å². The van der Waals surface area contributed by atoms with Crippen LogP contribution in [0.2, 0.25) is 0 Å². The third-order valence-corrected chi connectivity index (χ3v) is 3.32. The van der Waals surface area contributed by atoms with Crippen LogP contribution in [0.1, 0.15) is 59.8 Å². The minimum atomic E-state index is -0.756. The van der Waals surface area contributed by atoms with E-state index in [1.54, 1.807) is 6.92 Å². The molecule has 2 atom stereocenters. The van der Waals surface area contributed by atoms with Gasteiger partial charge in [-0.1, -0.05) is 27.2 Å². The maximum absolute atomic E-state index is 11.6. The van der Waals surface area contributed by atoms with Gasteiger partial charge in [-0.15, -0.1) is 0 Å². The van der Waals surface area contributed by atoms with Gasteiger partial charge in [0.05, 0.1) is 5.92 Å². The van der Waals surface area contributed by atoms with Crippen LogP contribution in [-0.2, 0) is 4.79 Å². The second-order valence-corrected chi connectivity index (χ2v) is 6.01. The monoisotopic (exact) mass is 286 g/mol. The standard InChI is InChI=1S/C15H30N2O3/c1-11(2)7-6-10-16-15(20)17-13(4)9-5-8-12(3)14(18)19/h11-13H,5-10H2,1-4H3,(H,18,19)(H2,16,17,20). The van der Waals surface area contributed by atoms with Crippen LogP contribution in [0.4, 0.5) is 4.79 Å². The Morgan fingerprint density at radius 3 is 2.20 bits per heavy atom. The van der Waals surface area contributed by atoms with Gasteiger partial charge in [-0.2, -0.15) is 0 Å². The molecule has 0 aromatic heterocycles. The second kappa shape index (κ2) is 10.5. The fourth-order valence-electron chi connectivity index (χ4n) is 1.91. The van der Waals surface area contributed by atoms with Crippen LogP contribution in [0.3, 0.4) is 0 Å². The SMILES string of the molecule is CC(C)CCCNC(=O)NC(C)CCCC(C)C(=O)O. The van der Waals surface area contributed by atoms with Crippen LogP contribution >= 0.6 is 0 Å². The Labute approximate surface area is 122 Å². The normalized spacial score (nSPS) is 13.8. The fourth-order valence-corrected chi connectivity index (χ4v) is 1.91. The summed E-state index contributed by atoms with van der Waals surface area (Å²) < 4.78 is 0. The molecule has 0 saturated heterocycles. The maximum atomic E-state index is 11.6. The lowest BCUT2D eigenvalue weighted by Crippen LogP contribution is -2.41. The highest BCUT2D eigenvalue weighted by atomic mass is 16.4. The molecule has 0 saturated carbocycles. The Bertz CT molecular complexity index is 293. The average molecular weight is 286 g/mol. The summed E-state index contributed by atoms with van der Waals surface area (Å²) in [6.07, 6.45) is 4.37. The molecule has 0 aliphatic heterocycles. The quantitative estimate of drug-likeness (QED) is 0.540. The van der Waals surface area contributed by atoms with Crippen molar-refractivity contribution in [3.05, 3.63) is 0 Å². The molecule has 0 radical (unpaired) electrons. The van der Waals surface area contributed by atoms with Crippen molar-refractivity contribution in [2.45, 2.75) is 65.8 Å². The first-order valence-corrected chi connectivity index (χ1v) is 7.60. The Morgan fingerprint density at radius 1 is 1.00 bits per heavy atom. The van der Waals surface area contributed by atoms with Crippen LogP contribution in [0.15, 0.2) is 0 Å². The van der Waals surface area contributed by atoms with E-state index in [0.29, 0.717) is 18.9 Å². The molecule has 0 rings (SSSR count). The number of urea groups is 1. The molecule has 2 unspecified atom stereocenters. The number of hydrogen-bond acceptors (Lipinski definition) is 2. The number of carboxylic acids is 1. The zero-order chi connectivity index (χ0) is 15.5. The second-order valence-electron chi connectivity index (χ2n) is 6.01. The van der Waals surface area contributed by atoms with E-state index in [4.69, 9.17) is 5.11 Å². The lowest BCUT2D eigenvalue weighted by molar-refractivity contribution is -0.141. The molecule has 0 aromatic carbocycles. The minimum absolute atomic E-state index is 0.0705. The van der Waals surface area contributed by atoms with E-state index < -0.39 is 5.97 Å². The van der Waals surface area contributed by atoms with Gasteiger partial charge >= 0.3 is 12.0 Å². The van der Waals surface area contributed by atoms with Gasteiger partial charge in [0.2, 0.25) is 0 Å². The average Bonchev–Trinajstić information content (AvgIpc) is 2.34. The van der Waals surface area contributed by atoms with Crippen LogP contribution in [0.5, 0.6) is 0 Å². The molecule has 3 N–H and O–H groups in total. The number of carbonyl (C=O) groups excluding carboxylic acids is 1. The number of rotatable bonds is 10. The molecule has 2 amide bonds. The van der Waals surface area contributed by atoms with Gasteiger partial charge in [-0.3, -0.25) is 4.79 Å². The maximum Gasteiger partial charge on any atom is 0.314 e. The highest BCUT2D eigenvalue weighted by molar-refractivity contribution is 5.74. The van der Waals surface area contributed by atoms with Crippen molar-refractivity contribution >= 4 is 12.0 Å².